The fourth-order valence-corrected chi connectivity index (χ4v) is 4.64. The second-order valence-electron chi connectivity index (χ2n) is 4.95. The van der Waals surface area contributed by atoms with Crippen molar-refractivity contribution in [1.82, 2.24) is 0 Å². The molecule has 0 aliphatic carbocycles. The van der Waals surface area contributed by atoms with Crippen LogP contribution in [0.25, 0.3) is 0 Å². The Balaban J connectivity index is 2.32. The molecule has 0 spiro atoms. The first kappa shape index (κ1) is 14.3. The van der Waals surface area contributed by atoms with Gasteiger partial charge in [0.15, 0.2) is 9.84 Å². The van der Waals surface area contributed by atoms with Crippen LogP contribution < -0.4 is 5.32 Å². The number of benzene rings is 1. The summed E-state index contributed by atoms with van der Waals surface area (Å²) in [5.74, 6) is 0.105. The number of rotatable bonds is 3. The Morgan fingerprint density at radius 3 is 2.68 bits per heavy atom. The first-order valence-corrected chi connectivity index (χ1v) is 8.25. The van der Waals surface area contributed by atoms with Crippen LogP contribution in [0, 0.1) is 10.1 Å². The number of sulfone groups is 1. The van der Waals surface area contributed by atoms with Gasteiger partial charge in [-0.1, -0.05) is 15.9 Å². The fourth-order valence-electron chi connectivity index (χ4n) is 2.20. The molecular weight excluding hydrogens is 336 g/mol. The molecule has 19 heavy (non-hydrogen) atoms. The second-order valence-corrected chi connectivity index (χ2v) is 8.05. The molecule has 8 heteroatoms. The number of hydrogen-bond donors (Lipinski definition) is 1. The lowest BCUT2D eigenvalue weighted by atomic mass is 10.0. The summed E-state index contributed by atoms with van der Waals surface area (Å²) in [7, 11) is -3.06. The molecule has 0 aromatic heterocycles. The van der Waals surface area contributed by atoms with Crippen LogP contribution >= 0.6 is 15.9 Å². The number of nitrogens with one attached hydrogen (secondary N) is 1. The van der Waals surface area contributed by atoms with E-state index in [1.54, 1.807) is 19.1 Å². The lowest BCUT2D eigenvalue weighted by Gasteiger charge is -2.25. The van der Waals surface area contributed by atoms with E-state index in [2.05, 4.69) is 21.2 Å². The highest BCUT2D eigenvalue weighted by Gasteiger charge is 2.39. The van der Waals surface area contributed by atoms with Crippen LogP contribution in [0.5, 0.6) is 0 Å². The van der Waals surface area contributed by atoms with Crippen molar-refractivity contribution in [3.8, 4) is 0 Å². The van der Waals surface area contributed by atoms with Crippen LogP contribution in [0.4, 0.5) is 11.4 Å². The maximum atomic E-state index is 11.5. The average molecular weight is 349 g/mol. The number of nitrogens with zero attached hydrogens (tertiary/aromatic N) is 1. The van der Waals surface area contributed by atoms with E-state index in [1.165, 1.54) is 6.07 Å². The first-order valence-electron chi connectivity index (χ1n) is 5.63. The quantitative estimate of drug-likeness (QED) is 0.668. The van der Waals surface area contributed by atoms with Gasteiger partial charge in [-0.05, 0) is 25.5 Å². The summed E-state index contributed by atoms with van der Waals surface area (Å²) < 4.78 is 23.7. The van der Waals surface area contributed by atoms with Crippen molar-refractivity contribution >= 4 is 37.1 Å². The van der Waals surface area contributed by atoms with Gasteiger partial charge in [-0.25, -0.2) is 8.42 Å². The molecule has 1 atom stereocenters. The van der Waals surface area contributed by atoms with E-state index in [9.17, 15) is 18.5 Å². The van der Waals surface area contributed by atoms with E-state index < -0.39 is 20.3 Å². The Bertz CT molecular complexity index is 632. The van der Waals surface area contributed by atoms with E-state index in [0.717, 1.165) is 0 Å². The van der Waals surface area contributed by atoms with Crippen molar-refractivity contribution in [2.24, 2.45) is 0 Å². The lowest BCUT2D eigenvalue weighted by Crippen LogP contribution is -2.36. The van der Waals surface area contributed by atoms with Gasteiger partial charge in [0, 0.05) is 16.1 Å². The summed E-state index contributed by atoms with van der Waals surface area (Å²) in [6.07, 6.45) is 0.447. The lowest BCUT2D eigenvalue weighted by molar-refractivity contribution is -0.384. The largest absolute Gasteiger partial charge is 0.373 e. The zero-order valence-electron chi connectivity index (χ0n) is 10.2. The Kier molecular flexibility index (Phi) is 3.57. The Morgan fingerprint density at radius 2 is 2.16 bits per heavy atom. The van der Waals surface area contributed by atoms with Crippen LogP contribution in [0.3, 0.4) is 0 Å². The Morgan fingerprint density at radius 1 is 1.47 bits per heavy atom. The first-order chi connectivity index (χ1) is 8.71. The molecule has 1 unspecified atom stereocenters. The SMILES string of the molecule is CC1(Nc2ccc(Br)cc2[N+](=O)[O-])CCS(=O)(=O)C1. The number of anilines is 1. The minimum absolute atomic E-state index is 0.00673. The molecule has 0 saturated carbocycles. The third-order valence-corrected chi connectivity index (χ3v) is 5.49. The van der Waals surface area contributed by atoms with Gasteiger partial charge in [-0.15, -0.1) is 0 Å². The van der Waals surface area contributed by atoms with Crippen molar-refractivity contribution in [2.45, 2.75) is 18.9 Å². The molecular formula is C11H13BrN2O4S. The van der Waals surface area contributed by atoms with Gasteiger partial charge in [0.1, 0.15) is 5.69 Å². The van der Waals surface area contributed by atoms with Gasteiger partial charge in [0.05, 0.1) is 16.4 Å². The van der Waals surface area contributed by atoms with Crippen LogP contribution in [0.1, 0.15) is 13.3 Å². The smallest absolute Gasteiger partial charge is 0.293 e. The molecule has 1 N–H and O–H groups in total. The van der Waals surface area contributed by atoms with E-state index in [-0.39, 0.29) is 17.2 Å². The zero-order chi connectivity index (χ0) is 14.3. The maximum Gasteiger partial charge on any atom is 0.293 e. The van der Waals surface area contributed by atoms with Gasteiger partial charge < -0.3 is 5.32 Å². The highest BCUT2D eigenvalue weighted by Crippen LogP contribution is 2.33. The van der Waals surface area contributed by atoms with Gasteiger partial charge in [-0.2, -0.15) is 0 Å². The minimum atomic E-state index is -3.06. The van der Waals surface area contributed by atoms with E-state index >= 15 is 0 Å². The Labute approximate surface area is 119 Å². The average Bonchev–Trinajstić information content (AvgIpc) is 2.55. The third kappa shape index (κ3) is 3.24. The molecule has 1 aromatic rings. The summed E-state index contributed by atoms with van der Waals surface area (Å²) in [5, 5.41) is 14.0. The van der Waals surface area contributed by atoms with Gasteiger partial charge in [-0.3, -0.25) is 10.1 Å². The van der Waals surface area contributed by atoms with E-state index in [1.807, 2.05) is 0 Å². The molecule has 1 aliphatic heterocycles. The van der Waals surface area contributed by atoms with Gasteiger partial charge in [0.25, 0.3) is 5.69 Å². The van der Waals surface area contributed by atoms with Crippen molar-refractivity contribution < 1.29 is 13.3 Å². The molecule has 1 aromatic carbocycles. The second kappa shape index (κ2) is 4.75. The van der Waals surface area contributed by atoms with Crippen molar-refractivity contribution in [3.63, 3.8) is 0 Å². The topological polar surface area (TPSA) is 89.3 Å². The highest BCUT2D eigenvalue weighted by atomic mass is 79.9. The molecule has 0 amide bonds. The number of nitro groups is 1. The molecule has 1 heterocycles. The fraction of sp³-hybridized carbons (Fsp3) is 0.455. The van der Waals surface area contributed by atoms with Crippen molar-refractivity contribution in [3.05, 3.63) is 32.8 Å². The molecule has 2 rings (SSSR count). The molecule has 1 saturated heterocycles. The van der Waals surface area contributed by atoms with E-state index in [0.29, 0.717) is 16.6 Å². The molecule has 1 aliphatic rings. The van der Waals surface area contributed by atoms with Crippen LogP contribution in [-0.4, -0.2) is 30.4 Å². The molecule has 6 nitrogen and oxygen atoms in total. The van der Waals surface area contributed by atoms with Gasteiger partial charge >= 0.3 is 0 Å². The van der Waals surface area contributed by atoms with Crippen LogP contribution in [0.2, 0.25) is 0 Å². The maximum absolute atomic E-state index is 11.5. The predicted octanol–water partition coefficient (Wildman–Crippen LogP) is 2.35. The summed E-state index contributed by atoms with van der Waals surface area (Å²) in [5.41, 5.74) is -0.384. The Hall–Kier alpha value is -1.15. The monoisotopic (exact) mass is 348 g/mol. The normalized spacial score (nSPS) is 25.2. The van der Waals surface area contributed by atoms with Crippen molar-refractivity contribution in [2.75, 3.05) is 16.8 Å². The summed E-state index contributed by atoms with van der Waals surface area (Å²) in [4.78, 5) is 10.5. The number of halogens is 1. The highest BCUT2D eigenvalue weighted by molar-refractivity contribution is 9.10. The summed E-state index contributed by atoms with van der Waals surface area (Å²) in [6.45, 7) is 1.77. The number of nitro benzene ring substituents is 1. The summed E-state index contributed by atoms with van der Waals surface area (Å²) >= 11 is 3.18. The third-order valence-electron chi connectivity index (χ3n) is 3.10. The minimum Gasteiger partial charge on any atom is -0.373 e. The van der Waals surface area contributed by atoms with Gasteiger partial charge in [0.2, 0.25) is 0 Å². The molecule has 0 radical (unpaired) electrons. The number of hydrogen-bond acceptors (Lipinski definition) is 5. The summed E-state index contributed by atoms with van der Waals surface area (Å²) in [6, 6.07) is 4.66. The zero-order valence-corrected chi connectivity index (χ0v) is 12.6. The predicted molar refractivity (Wildman–Crippen MR) is 76.1 cm³/mol. The van der Waals surface area contributed by atoms with Crippen LogP contribution in [-0.2, 0) is 9.84 Å². The molecule has 104 valence electrons. The molecule has 0 bridgehead atoms. The standard InChI is InChI=1S/C11H13BrN2O4S/c1-11(4-5-19(17,18)7-11)13-9-3-2-8(12)6-10(9)14(15)16/h2-3,6,13H,4-5,7H2,1H3. The molecule has 1 fully saturated rings. The van der Waals surface area contributed by atoms with Crippen molar-refractivity contribution in [1.29, 1.82) is 0 Å². The van der Waals surface area contributed by atoms with Crippen LogP contribution in [0.15, 0.2) is 22.7 Å². The van der Waals surface area contributed by atoms with E-state index in [4.69, 9.17) is 0 Å².